The maximum Gasteiger partial charge on any atom is 0.175 e. The van der Waals surface area contributed by atoms with Crippen LogP contribution in [0.25, 0.3) is 0 Å². The van der Waals surface area contributed by atoms with Crippen LogP contribution in [0.2, 0.25) is 0 Å². The van der Waals surface area contributed by atoms with Gasteiger partial charge < -0.3 is 5.73 Å². The average molecular weight is 265 g/mol. The Morgan fingerprint density at radius 3 is 2.67 bits per heavy atom. The lowest BCUT2D eigenvalue weighted by Crippen LogP contribution is -2.15. The molecule has 1 aliphatic carbocycles. The Hall–Kier alpha value is -1.13. The molecule has 18 heavy (non-hydrogen) atoms. The quantitative estimate of drug-likeness (QED) is 0.854. The van der Waals surface area contributed by atoms with Crippen LogP contribution >= 0.6 is 0 Å². The molecule has 0 radical (unpaired) electrons. The summed E-state index contributed by atoms with van der Waals surface area (Å²) in [7, 11) is -3.16. The van der Waals surface area contributed by atoms with Gasteiger partial charge in [0.2, 0.25) is 0 Å². The minimum absolute atomic E-state index is 0.174. The van der Waals surface area contributed by atoms with Gasteiger partial charge in [-0.3, -0.25) is 0 Å². The van der Waals surface area contributed by atoms with Crippen LogP contribution in [0.1, 0.15) is 37.3 Å². The molecule has 0 saturated carbocycles. The van der Waals surface area contributed by atoms with Crippen molar-refractivity contribution in [1.82, 2.24) is 0 Å². The molecule has 0 saturated heterocycles. The third kappa shape index (κ3) is 3.00. The van der Waals surface area contributed by atoms with Crippen LogP contribution in [0.15, 0.2) is 40.8 Å². The molecule has 4 heteroatoms. The maximum atomic E-state index is 11.5. The standard InChI is InChI=1S/C14H19NO2S/c1-18(16,17)13-9-5-8-12(10-13)14(15)11-6-3-2-4-7-11/h5-6,8-10,14H,2-4,7,15H2,1H3. The number of hydrogen-bond acceptors (Lipinski definition) is 3. The monoisotopic (exact) mass is 265 g/mol. The summed E-state index contributed by atoms with van der Waals surface area (Å²) in [6.45, 7) is 0. The summed E-state index contributed by atoms with van der Waals surface area (Å²) in [5.41, 5.74) is 8.33. The molecule has 2 rings (SSSR count). The molecule has 0 heterocycles. The molecule has 0 bridgehead atoms. The van der Waals surface area contributed by atoms with Gasteiger partial charge in [0.1, 0.15) is 0 Å². The molecule has 0 aliphatic heterocycles. The minimum atomic E-state index is -3.16. The highest BCUT2D eigenvalue weighted by molar-refractivity contribution is 7.90. The number of nitrogens with two attached hydrogens (primary N) is 1. The minimum Gasteiger partial charge on any atom is -0.321 e. The van der Waals surface area contributed by atoms with Crippen LogP contribution in [-0.4, -0.2) is 14.7 Å². The van der Waals surface area contributed by atoms with Crippen LogP contribution < -0.4 is 5.73 Å². The molecule has 0 spiro atoms. The number of benzene rings is 1. The lowest BCUT2D eigenvalue weighted by atomic mass is 9.90. The van der Waals surface area contributed by atoms with E-state index in [1.807, 2.05) is 6.07 Å². The molecule has 0 amide bonds. The molecule has 3 nitrogen and oxygen atoms in total. The van der Waals surface area contributed by atoms with Crippen molar-refractivity contribution >= 4 is 9.84 Å². The summed E-state index contributed by atoms with van der Waals surface area (Å²) in [4.78, 5) is 0.340. The van der Waals surface area contributed by atoms with Crippen LogP contribution in [-0.2, 0) is 9.84 Å². The molecule has 0 fully saturated rings. The van der Waals surface area contributed by atoms with Gasteiger partial charge in [-0.2, -0.15) is 0 Å². The van der Waals surface area contributed by atoms with Gasteiger partial charge in [-0.25, -0.2) is 8.42 Å². The Bertz CT molecular complexity index is 561. The zero-order chi connectivity index (χ0) is 13.2. The summed E-state index contributed by atoms with van der Waals surface area (Å²) in [5, 5.41) is 0. The van der Waals surface area contributed by atoms with Crippen LogP contribution in [0.4, 0.5) is 0 Å². The van der Waals surface area contributed by atoms with Crippen LogP contribution in [0.3, 0.4) is 0 Å². The Kier molecular flexibility index (Phi) is 3.88. The average Bonchev–Trinajstić information content (AvgIpc) is 2.38. The van der Waals surface area contributed by atoms with E-state index in [1.54, 1.807) is 18.2 Å². The van der Waals surface area contributed by atoms with Crippen molar-refractivity contribution in [1.29, 1.82) is 0 Å². The van der Waals surface area contributed by atoms with E-state index in [2.05, 4.69) is 6.08 Å². The molecule has 1 atom stereocenters. The van der Waals surface area contributed by atoms with E-state index in [0.717, 1.165) is 18.4 Å². The van der Waals surface area contributed by atoms with E-state index in [1.165, 1.54) is 24.7 Å². The summed E-state index contributed by atoms with van der Waals surface area (Å²) in [5.74, 6) is 0. The summed E-state index contributed by atoms with van der Waals surface area (Å²) >= 11 is 0. The van der Waals surface area contributed by atoms with Gasteiger partial charge in [-0.1, -0.05) is 23.8 Å². The first-order chi connectivity index (χ1) is 8.48. The van der Waals surface area contributed by atoms with E-state index in [0.29, 0.717) is 4.90 Å². The normalized spacial score (nSPS) is 18.2. The number of sulfone groups is 1. The molecule has 0 aromatic heterocycles. The fourth-order valence-electron chi connectivity index (χ4n) is 2.30. The van der Waals surface area contributed by atoms with Crippen molar-refractivity contribution < 1.29 is 8.42 Å². The first-order valence-corrected chi connectivity index (χ1v) is 8.12. The smallest absolute Gasteiger partial charge is 0.175 e. The summed E-state index contributed by atoms with van der Waals surface area (Å²) in [6, 6.07) is 6.78. The van der Waals surface area contributed by atoms with Crippen molar-refractivity contribution in [2.45, 2.75) is 36.6 Å². The SMILES string of the molecule is CS(=O)(=O)c1cccc(C(N)C2=CCCCC2)c1. The van der Waals surface area contributed by atoms with E-state index in [9.17, 15) is 8.42 Å². The number of allylic oxidation sites excluding steroid dienone is 1. The van der Waals surface area contributed by atoms with Crippen molar-refractivity contribution in [2.24, 2.45) is 5.73 Å². The number of rotatable bonds is 3. The van der Waals surface area contributed by atoms with Gasteiger partial charge in [0, 0.05) is 6.26 Å². The largest absolute Gasteiger partial charge is 0.321 e. The van der Waals surface area contributed by atoms with E-state index < -0.39 is 9.84 Å². The van der Waals surface area contributed by atoms with Crippen molar-refractivity contribution in [3.05, 3.63) is 41.5 Å². The Labute approximate surface area is 109 Å². The predicted molar refractivity (Wildman–Crippen MR) is 73.0 cm³/mol. The second-order valence-corrected chi connectivity index (χ2v) is 6.86. The topological polar surface area (TPSA) is 60.2 Å². The third-order valence-electron chi connectivity index (χ3n) is 3.37. The van der Waals surface area contributed by atoms with Crippen LogP contribution in [0, 0.1) is 0 Å². The molecule has 98 valence electrons. The fourth-order valence-corrected chi connectivity index (χ4v) is 2.97. The second-order valence-electron chi connectivity index (χ2n) is 4.85. The highest BCUT2D eigenvalue weighted by Gasteiger charge is 2.16. The fraction of sp³-hybridized carbons (Fsp3) is 0.429. The van der Waals surface area contributed by atoms with Gasteiger partial charge in [-0.05, 0) is 43.4 Å². The first-order valence-electron chi connectivity index (χ1n) is 6.23. The first kappa shape index (κ1) is 13.3. The zero-order valence-corrected chi connectivity index (χ0v) is 11.4. The molecule has 1 unspecified atom stereocenters. The van der Waals surface area contributed by atoms with Gasteiger partial charge in [0.15, 0.2) is 9.84 Å². The Morgan fingerprint density at radius 2 is 2.06 bits per heavy atom. The summed E-state index contributed by atoms with van der Waals surface area (Å²) in [6.07, 6.45) is 7.91. The Morgan fingerprint density at radius 1 is 1.28 bits per heavy atom. The van der Waals surface area contributed by atoms with Gasteiger partial charge in [0.05, 0.1) is 10.9 Å². The second kappa shape index (κ2) is 5.24. The molecule has 1 aromatic carbocycles. The lowest BCUT2D eigenvalue weighted by molar-refractivity contribution is 0.601. The third-order valence-corrected chi connectivity index (χ3v) is 4.48. The summed E-state index contributed by atoms with van der Waals surface area (Å²) < 4.78 is 23.1. The van der Waals surface area contributed by atoms with E-state index in [4.69, 9.17) is 5.73 Å². The molecular formula is C14H19NO2S. The molecule has 2 N–H and O–H groups in total. The van der Waals surface area contributed by atoms with Crippen molar-refractivity contribution in [3.8, 4) is 0 Å². The van der Waals surface area contributed by atoms with E-state index >= 15 is 0 Å². The van der Waals surface area contributed by atoms with Crippen molar-refractivity contribution in [3.63, 3.8) is 0 Å². The highest BCUT2D eigenvalue weighted by Crippen LogP contribution is 2.28. The van der Waals surface area contributed by atoms with Gasteiger partial charge in [0.25, 0.3) is 0 Å². The zero-order valence-electron chi connectivity index (χ0n) is 10.6. The van der Waals surface area contributed by atoms with Gasteiger partial charge in [-0.15, -0.1) is 0 Å². The number of hydrogen-bond donors (Lipinski definition) is 1. The Balaban J connectivity index is 2.31. The molecular weight excluding hydrogens is 246 g/mol. The van der Waals surface area contributed by atoms with Crippen LogP contribution in [0.5, 0.6) is 0 Å². The van der Waals surface area contributed by atoms with Gasteiger partial charge >= 0.3 is 0 Å². The molecule has 1 aliphatic rings. The predicted octanol–water partition coefficient (Wildman–Crippen LogP) is 2.59. The van der Waals surface area contributed by atoms with Crippen molar-refractivity contribution in [2.75, 3.05) is 6.26 Å². The lowest BCUT2D eigenvalue weighted by Gasteiger charge is -2.20. The molecule has 1 aromatic rings. The maximum absolute atomic E-state index is 11.5. The highest BCUT2D eigenvalue weighted by atomic mass is 32.2. The van der Waals surface area contributed by atoms with E-state index in [-0.39, 0.29) is 6.04 Å².